The maximum absolute atomic E-state index is 13.4. The molecule has 0 atom stereocenters. The maximum Gasteiger partial charge on any atom is 0.361 e. The maximum atomic E-state index is 13.4. The van der Waals surface area contributed by atoms with Gasteiger partial charge in [0, 0.05) is 25.0 Å². The summed E-state index contributed by atoms with van der Waals surface area (Å²) in [6, 6.07) is 5.40. The Morgan fingerprint density at radius 2 is 1.43 bits per heavy atom. The second-order valence-electron chi connectivity index (χ2n) is 5.83. The Bertz CT molecular complexity index is 708. The van der Waals surface area contributed by atoms with E-state index in [0.29, 0.717) is 18.1 Å². The largest absolute Gasteiger partial charge is 0.462 e. The van der Waals surface area contributed by atoms with Crippen molar-refractivity contribution in [1.82, 2.24) is 0 Å². The van der Waals surface area contributed by atoms with E-state index in [-0.39, 0.29) is 26.4 Å². The molecule has 154 valence electrons. The molecule has 0 radical (unpaired) electrons. The number of hydrogen-bond acceptors (Lipinski definition) is 7. The summed E-state index contributed by atoms with van der Waals surface area (Å²) in [5.74, 6) is -1.05. The standard InChI is InChI=1S/C20H27O7P/c1-5-19(21)24-12-8-14-26-28(23,18-11-7-10-16(3)17(18)4)27-15-9-13-25-20(22)6-2/h5-7,10-11H,1-2,8-9,12-15H2,3-4H3. The first kappa shape index (κ1) is 23.8. The zero-order valence-corrected chi connectivity index (χ0v) is 17.2. The van der Waals surface area contributed by atoms with Crippen molar-refractivity contribution in [2.45, 2.75) is 26.7 Å². The molecule has 1 aromatic carbocycles. The summed E-state index contributed by atoms with van der Waals surface area (Å²) < 4.78 is 34.4. The third-order valence-electron chi connectivity index (χ3n) is 3.79. The molecule has 0 fully saturated rings. The van der Waals surface area contributed by atoms with E-state index in [1.165, 1.54) is 0 Å². The molecule has 0 aliphatic heterocycles. The van der Waals surface area contributed by atoms with Crippen molar-refractivity contribution in [3.63, 3.8) is 0 Å². The van der Waals surface area contributed by atoms with E-state index in [4.69, 9.17) is 18.5 Å². The van der Waals surface area contributed by atoms with Crippen LogP contribution >= 0.6 is 7.60 Å². The molecule has 0 amide bonds. The Hall–Kier alpha value is -2.21. The van der Waals surface area contributed by atoms with Crippen LogP contribution in [-0.2, 0) is 32.7 Å². The molecule has 0 N–H and O–H groups in total. The highest BCUT2D eigenvalue weighted by molar-refractivity contribution is 7.62. The summed E-state index contributed by atoms with van der Waals surface area (Å²) in [7, 11) is -3.60. The van der Waals surface area contributed by atoms with Gasteiger partial charge in [0.1, 0.15) is 0 Å². The van der Waals surface area contributed by atoms with Crippen LogP contribution in [0.5, 0.6) is 0 Å². The summed E-state index contributed by atoms with van der Waals surface area (Å²) in [5.41, 5.74) is 1.78. The Balaban J connectivity index is 2.71. The third-order valence-corrected chi connectivity index (χ3v) is 5.91. The highest BCUT2D eigenvalue weighted by atomic mass is 31.2. The van der Waals surface area contributed by atoms with Gasteiger partial charge in [0.15, 0.2) is 0 Å². The van der Waals surface area contributed by atoms with E-state index in [2.05, 4.69) is 13.2 Å². The first-order valence-electron chi connectivity index (χ1n) is 8.88. The third kappa shape index (κ3) is 7.80. The molecule has 0 spiro atoms. The lowest BCUT2D eigenvalue weighted by Crippen LogP contribution is -2.17. The summed E-state index contributed by atoms with van der Waals surface area (Å²) in [6.07, 6.45) is 2.86. The molecule has 28 heavy (non-hydrogen) atoms. The molecule has 0 aliphatic rings. The number of aryl methyl sites for hydroxylation is 1. The monoisotopic (exact) mass is 410 g/mol. The number of esters is 2. The number of ether oxygens (including phenoxy) is 2. The number of rotatable bonds is 13. The Morgan fingerprint density at radius 3 is 1.89 bits per heavy atom. The molecule has 1 aromatic rings. The molecule has 7 nitrogen and oxygen atoms in total. The molecule has 0 aromatic heterocycles. The lowest BCUT2D eigenvalue weighted by Gasteiger charge is -2.21. The topological polar surface area (TPSA) is 88.1 Å². The summed E-state index contributed by atoms with van der Waals surface area (Å²) >= 11 is 0. The van der Waals surface area contributed by atoms with Gasteiger partial charge in [-0.1, -0.05) is 25.3 Å². The highest BCUT2D eigenvalue weighted by Crippen LogP contribution is 2.48. The van der Waals surface area contributed by atoms with E-state index in [9.17, 15) is 14.2 Å². The lowest BCUT2D eigenvalue weighted by atomic mass is 10.1. The van der Waals surface area contributed by atoms with Gasteiger partial charge in [-0.15, -0.1) is 0 Å². The molecular formula is C20H27O7P. The van der Waals surface area contributed by atoms with Crippen LogP contribution in [0.25, 0.3) is 0 Å². The fourth-order valence-electron chi connectivity index (χ4n) is 2.16. The Morgan fingerprint density at radius 1 is 0.929 bits per heavy atom. The van der Waals surface area contributed by atoms with Crippen molar-refractivity contribution < 1.29 is 32.7 Å². The molecule has 0 unspecified atom stereocenters. The predicted molar refractivity (Wildman–Crippen MR) is 107 cm³/mol. The molecule has 8 heteroatoms. The highest BCUT2D eigenvalue weighted by Gasteiger charge is 2.29. The van der Waals surface area contributed by atoms with E-state index in [1.54, 1.807) is 12.1 Å². The number of carbonyl (C=O) groups excluding carboxylic acids is 2. The molecule has 0 saturated heterocycles. The van der Waals surface area contributed by atoms with Gasteiger partial charge in [-0.2, -0.15) is 0 Å². The molecule has 0 heterocycles. The smallest absolute Gasteiger partial charge is 0.361 e. The van der Waals surface area contributed by atoms with Gasteiger partial charge < -0.3 is 18.5 Å². The number of benzene rings is 1. The van der Waals surface area contributed by atoms with Crippen molar-refractivity contribution in [2.24, 2.45) is 0 Å². The minimum absolute atomic E-state index is 0.0839. The second kappa shape index (κ2) is 12.3. The van der Waals surface area contributed by atoms with Crippen LogP contribution in [0.3, 0.4) is 0 Å². The van der Waals surface area contributed by atoms with Crippen LogP contribution in [0.4, 0.5) is 0 Å². The molecule has 0 bridgehead atoms. The van der Waals surface area contributed by atoms with Crippen LogP contribution in [-0.4, -0.2) is 38.4 Å². The average Bonchev–Trinajstić information content (AvgIpc) is 2.68. The van der Waals surface area contributed by atoms with Crippen LogP contribution in [0.15, 0.2) is 43.5 Å². The van der Waals surface area contributed by atoms with Gasteiger partial charge in [0.05, 0.1) is 31.7 Å². The average molecular weight is 410 g/mol. The SMILES string of the molecule is C=CC(=O)OCCCOP(=O)(OCCCOC(=O)C=C)c1cccc(C)c1C. The van der Waals surface area contributed by atoms with Crippen molar-refractivity contribution in [3.05, 3.63) is 54.6 Å². The van der Waals surface area contributed by atoms with Crippen molar-refractivity contribution >= 4 is 24.8 Å². The predicted octanol–water partition coefficient (Wildman–Crippen LogP) is 3.39. The van der Waals surface area contributed by atoms with Crippen LogP contribution < -0.4 is 5.30 Å². The van der Waals surface area contributed by atoms with Crippen molar-refractivity contribution in [2.75, 3.05) is 26.4 Å². The molecule has 1 rings (SSSR count). The Labute approximate surface area is 165 Å². The zero-order valence-electron chi connectivity index (χ0n) is 16.3. The van der Waals surface area contributed by atoms with E-state index in [0.717, 1.165) is 23.3 Å². The first-order chi connectivity index (χ1) is 13.3. The quantitative estimate of drug-likeness (QED) is 0.213. The lowest BCUT2D eigenvalue weighted by molar-refractivity contribution is -0.138. The zero-order chi connectivity index (χ0) is 21.0. The normalized spacial score (nSPS) is 10.9. The number of hydrogen-bond donors (Lipinski definition) is 0. The summed E-state index contributed by atoms with van der Waals surface area (Å²) in [5, 5.41) is 0.485. The fourth-order valence-corrected chi connectivity index (χ4v) is 4.11. The van der Waals surface area contributed by atoms with Crippen LogP contribution in [0.1, 0.15) is 24.0 Å². The van der Waals surface area contributed by atoms with Crippen molar-refractivity contribution in [1.29, 1.82) is 0 Å². The minimum Gasteiger partial charge on any atom is -0.462 e. The summed E-state index contributed by atoms with van der Waals surface area (Å²) in [6.45, 7) is 10.8. The van der Waals surface area contributed by atoms with Gasteiger partial charge in [-0.25, -0.2) is 9.59 Å². The molecule has 0 saturated carbocycles. The van der Waals surface area contributed by atoms with E-state index < -0.39 is 19.5 Å². The van der Waals surface area contributed by atoms with Crippen LogP contribution in [0, 0.1) is 13.8 Å². The van der Waals surface area contributed by atoms with Gasteiger partial charge in [0.2, 0.25) is 0 Å². The van der Waals surface area contributed by atoms with E-state index >= 15 is 0 Å². The van der Waals surface area contributed by atoms with Gasteiger partial charge in [0.25, 0.3) is 0 Å². The van der Waals surface area contributed by atoms with Crippen molar-refractivity contribution in [3.8, 4) is 0 Å². The Kier molecular flexibility index (Phi) is 10.5. The first-order valence-corrected chi connectivity index (χ1v) is 10.4. The van der Waals surface area contributed by atoms with Gasteiger partial charge >= 0.3 is 19.5 Å². The van der Waals surface area contributed by atoms with Gasteiger partial charge in [-0.3, -0.25) is 4.57 Å². The van der Waals surface area contributed by atoms with Gasteiger partial charge in [-0.05, 0) is 31.0 Å². The number of carbonyl (C=O) groups is 2. The summed E-state index contributed by atoms with van der Waals surface area (Å²) in [4.78, 5) is 22.1. The minimum atomic E-state index is -3.60. The van der Waals surface area contributed by atoms with Crippen LogP contribution in [0.2, 0.25) is 0 Å². The fraction of sp³-hybridized carbons (Fsp3) is 0.400. The van der Waals surface area contributed by atoms with E-state index in [1.807, 2.05) is 19.9 Å². The molecule has 0 aliphatic carbocycles. The molecular weight excluding hydrogens is 383 g/mol. The second-order valence-corrected chi connectivity index (χ2v) is 7.83.